The maximum atomic E-state index is 13.4. The SMILES string of the molecule is CC(C)Oc1ccc(CNC(=O)[C@H]2[C@H](C(=O)NCCCCN3CCCC3)[C@H]3C=C[C@@H]2C32CC2)cc1. The van der Waals surface area contributed by atoms with E-state index in [0.717, 1.165) is 43.5 Å². The summed E-state index contributed by atoms with van der Waals surface area (Å²) in [5, 5.41) is 6.34. The minimum absolute atomic E-state index is 0.0183. The van der Waals surface area contributed by atoms with Gasteiger partial charge >= 0.3 is 0 Å². The fourth-order valence-electron chi connectivity index (χ4n) is 6.77. The van der Waals surface area contributed by atoms with Gasteiger partial charge in [0, 0.05) is 13.1 Å². The van der Waals surface area contributed by atoms with Gasteiger partial charge in [-0.2, -0.15) is 0 Å². The topological polar surface area (TPSA) is 70.7 Å². The molecule has 4 atom stereocenters. The number of unbranched alkanes of at least 4 members (excludes halogenated alkanes) is 1. The van der Waals surface area contributed by atoms with Gasteiger partial charge in [0.2, 0.25) is 11.8 Å². The number of allylic oxidation sites excluding steroid dienone is 2. The van der Waals surface area contributed by atoms with Crippen LogP contribution in [0.1, 0.15) is 57.9 Å². The summed E-state index contributed by atoms with van der Waals surface area (Å²) in [6.45, 7) is 8.76. The minimum Gasteiger partial charge on any atom is -0.491 e. The van der Waals surface area contributed by atoms with Crippen molar-refractivity contribution < 1.29 is 14.3 Å². The van der Waals surface area contributed by atoms with Crippen LogP contribution in [0.25, 0.3) is 0 Å². The maximum Gasteiger partial charge on any atom is 0.224 e. The van der Waals surface area contributed by atoms with Crippen LogP contribution in [0.4, 0.5) is 0 Å². The van der Waals surface area contributed by atoms with Crippen LogP contribution in [0.5, 0.6) is 5.75 Å². The molecule has 1 heterocycles. The summed E-state index contributed by atoms with van der Waals surface area (Å²) < 4.78 is 5.71. The molecule has 2 N–H and O–H groups in total. The highest BCUT2D eigenvalue weighted by molar-refractivity contribution is 5.90. The molecule has 1 aromatic carbocycles. The van der Waals surface area contributed by atoms with E-state index in [1.54, 1.807) is 0 Å². The first kappa shape index (κ1) is 24.4. The quantitative estimate of drug-likeness (QED) is 0.373. The molecular weight excluding hydrogens is 438 g/mol. The third-order valence-electron chi connectivity index (χ3n) is 8.61. The molecule has 5 rings (SSSR count). The molecule has 2 amide bonds. The zero-order valence-electron chi connectivity index (χ0n) is 21.3. The van der Waals surface area contributed by atoms with E-state index in [2.05, 4.69) is 27.7 Å². The van der Waals surface area contributed by atoms with Gasteiger partial charge in [-0.3, -0.25) is 9.59 Å². The van der Waals surface area contributed by atoms with Gasteiger partial charge in [0.1, 0.15) is 5.75 Å². The van der Waals surface area contributed by atoms with Crippen molar-refractivity contribution in [3.05, 3.63) is 42.0 Å². The lowest BCUT2D eigenvalue weighted by molar-refractivity contribution is -0.135. The number of nitrogens with one attached hydrogen (secondary N) is 2. The second-order valence-electron chi connectivity index (χ2n) is 11.3. The van der Waals surface area contributed by atoms with Crippen molar-refractivity contribution in [1.82, 2.24) is 15.5 Å². The number of nitrogens with zero attached hydrogens (tertiary/aromatic N) is 1. The van der Waals surface area contributed by atoms with Gasteiger partial charge in [0.25, 0.3) is 0 Å². The lowest BCUT2D eigenvalue weighted by Gasteiger charge is -2.26. The number of carbonyl (C=O) groups excluding carboxylic acids is 2. The van der Waals surface area contributed by atoms with E-state index in [1.807, 2.05) is 38.1 Å². The second-order valence-corrected chi connectivity index (χ2v) is 11.3. The van der Waals surface area contributed by atoms with Gasteiger partial charge in [-0.25, -0.2) is 0 Å². The van der Waals surface area contributed by atoms with E-state index in [4.69, 9.17) is 4.74 Å². The third kappa shape index (κ3) is 5.13. The van der Waals surface area contributed by atoms with Gasteiger partial charge in [0.15, 0.2) is 0 Å². The first-order valence-electron chi connectivity index (χ1n) is 13.7. The molecule has 1 saturated heterocycles. The standard InChI is InChI=1S/C29H41N3O3/c1-20(2)35-22-9-7-21(8-10-22)19-31-28(34)26-24-12-11-23(29(24)13-14-29)25(26)27(33)30-15-3-4-16-32-17-5-6-18-32/h7-12,20,23-26H,3-6,13-19H2,1-2H3,(H,30,33)(H,31,34)/t23-,24+,25-,26-/m1/s1. The second kappa shape index (κ2) is 10.3. The fourth-order valence-corrected chi connectivity index (χ4v) is 6.77. The monoisotopic (exact) mass is 479 g/mol. The van der Waals surface area contributed by atoms with Crippen molar-refractivity contribution in [3.63, 3.8) is 0 Å². The molecule has 0 radical (unpaired) electrons. The van der Waals surface area contributed by atoms with Crippen LogP contribution in [-0.4, -0.2) is 49.0 Å². The van der Waals surface area contributed by atoms with Crippen molar-refractivity contribution in [2.75, 3.05) is 26.2 Å². The predicted octanol–water partition coefficient (Wildman–Crippen LogP) is 3.91. The van der Waals surface area contributed by atoms with Crippen molar-refractivity contribution in [1.29, 1.82) is 0 Å². The van der Waals surface area contributed by atoms with Crippen LogP contribution < -0.4 is 15.4 Å². The Hall–Kier alpha value is -2.34. The van der Waals surface area contributed by atoms with Crippen molar-refractivity contribution in [2.45, 2.75) is 65.0 Å². The zero-order valence-corrected chi connectivity index (χ0v) is 21.3. The number of benzene rings is 1. The molecule has 2 bridgehead atoms. The summed E-state index contributed by atoms with van der Waals surface area (Å²) in [7, 11) is 0. The molecule has 2 saturated carbocycles. The molecule has 6 heteroatoms. The van der Waals surface area contributed by atoms with Crippen LogP contribution in [-0.2, 0) is 16.1 Å². The van der Waals surface area contributed by atoms with Crippen LogP contribution in [0.3, 0.4) is 0 Å². The Morgan fingerprint density at radius 3 is 2.20 bits per heavy atom. The smallest absolute Gasteiger partial charge is 0.224 e. The lowest BCUT2D eigenvalue weighted by Crippen LogP contribution is -2.44. The summed E-state index contributed by atoms with van der Waals surface area (Å²) in [5.41, 5.74) is 1.20. The minimum atomic E-state index is -0.263. The summed E-state index contributed by atoms with van der Waals surface area (Å²) in [5.74, 6) is 0.824. The molecule has 1 spiro atoms. The largest absolute Gasteiger partial charge is 0.491 e. The summed E-state index contributed by atoms with van der Waals surface area (Å²) in [6, 6.07) is 7.88. The van der Waals surface area contributed by atoms with Crippen LogP contribution in [0.2, 0.25) is 0 Å². The van der Waals surface area contributed by atoms with Gasteiger partial charge in [-0.05, 0) is 107 Å². The first-order chi connectivity index (χ1) is 17.0. The molecule has 0 unspecified atom stereocenters. The van der Waals surface area contributed by atoms with Crippen LogP contribution in [0, 0.1) is 29.1 Å². The summed E-state index contributed by atoms with van der Waals surface area (Å²) in [4.78, 5) is 29.3. The normalized spacial score (nSPS) is 28.1. The van der Waals surface area contributed by atoms with Crippen LogP contribution in [0.15, 0.2) is 36.4 Å². The Morgan fingerprint density at radius 1 is 0.971 bits per heavy atom. The predicted molar refractivity (Wildman–Crippen MR) is 137 cm³/mol. The molecular formula is C29H41N3O3. The molecule has 3 aliphatic carbocycles. The molecule has 1 aromatic rings. The van der Waals surface area contributed by atoms with E-state index in [-0.39, 0.29) is 47.0 Å². The average molecular weight is 480 g/mol. The van der Waals surface area contributed by atoms with Gasteiger partial charge in [-0.15, -0.1) is 0 Å². The zero-order chi connectivity index (χ0) is 24.4. The molecule has 3 fully saturated rings. The number of hydrogen-bond donors (Lipinski definition) is 2. The van der Waals surface area contributed by atoms with Gasteiger partial charge < -0.3 is 20.3 Å². The highest BCUT2D eigenvalue weighted by atomic mass is 16.5. The number of amides is 2. The van der Waals surface area contributed by atoms with Crippen molar-refractivity contribution in [2.24, 2.45) is 29.1 Å². The fraction of sp³-hybridized carbons (Fsp3) is 0.655. The third-order valence-corrected chi connectivity index (χ3v) is 8.61. The van der Waals surface area contributed by atoms with E-state index in [0.29, 0.717) is 13.1 Å². The van der Waals surface area contributed by atoms with Crippen molar-refractivity contribution in [3.8, 4) is 5.75 Å². The number of hydrogen-bond acceptors (Lipinski definition) is 4. The van der Waals surface area contributed by atoms with E-state index >= 15 is 0 Å². The number of carbonyl (C=O) groups is 2. The molecule has 0 aromatic heterocycles. The lowest BCUT2D eigenvalue weighted by atomic mass is 9.81. The van der Waals surface area contributed by atoms with Gasteiger partial charge in [-0.1, -0.05) is 24.3 Å². The molecule has 4 aliphatic rings. The summed E-state index contributed by atoms with van der Waals surface area (Å²) in [6.07, 6.45) is 11.6. The van der Waals surface area contributed by atoms with Crippen LogP contribution >= 0.6 is 0 Å². The van der Waals surface area contributed by atoms with Crippen molar-refractivity contribution >= 4 is 11.8 Å². The highest BCUT2D eigenvalue weighted by Crippen LogP contribution is 2.72. The average Bonchev–Trinajstić information content (AvgIpc) is 3.20. The number of rotatable bonds is 11. The Labute approximate surface area is 209 Å². The number of ether oxygens (including phenoxy) is 1. The Balaban J connectivity index is 1.15. The Kier molecular flexibility index (Phi) is 7.19. The Bertz CT molecular complexity index is 931. The van der Waals surface area contributed by atoms with E-state index in [1.165, 1.54) is 25.9 Å². The molecule has 190 valence electrons. The summed E-state index contributed by atoms with van der Waals surface area (Å²) >= 11 is 0. The number of likely N-dealkylation sites (tertiary alicyclic amines) is 1. The van der Waals surface area contributed by atoms with E-state index < -0.39 is 0 Å². The van der Waals surface area contributed by atoms with E-state index in [9.17, 15) is 9.59 Å². The molecule has 1 aliphatic heterocycles. The molecule has 35 heavy (non-hydrogen) atoms. The maximum absolute atomic E-state index is 13.4. The highest BCUT2D eigenvalue weighted by Gasteiger charge is 2.69. The Morgan fingerprint density at radius 2 is 1.60 bits per heavy atom. The molecule has 6 nitrogen and oxygen atoms in total. The first-order valence-corrected chi connectivity index (χ1v) is 13.7. The van der Waals surface area contributed by atoms with Gasteiger partial charge in [0.05, 0.1) is 17.9 Å².